The molecule has 4 nitrogen and oxygen atoms in total. The number of nitrogens with zero attached hydrogens (tertiary/aromatic N) is 2. The third-order valence-electron chi connectivity index (χ3n) is 7.10. The van der Waals surface area contributed by atoms with Gasteiger partial charge in [-0.3, -0.25) is 9.78 Å². The number of carbonyl (C=O) groups is 1. The molecule has 0 aliphatic heterocycles. The molecule has 4 atom stereocenters. The van der Waals surface area contributed by atoms with Crippen molar-refractivity contribution in [1.29, 1.82) is 0 Å². The van der Waals surface area contributed by atoms with Crippen molar-refractivity contribution >= 4 is 17.5 Å². The molecule has 0 N–H and O–H groups in total. The van der Waals surface area contributed by atoms with E-state index in [1.165, 1.54) is 12.1 Å². The van der Waals surface area contributed by atoms with Crippen LogP contribution in [0.2, 0.25) is 0 Å². The Morgan fingerprint density at radius 3 is 2.41 bits per heavy atom. The Morgan fingerprint density at radius 2 is 1.73 bits per heavy atom. The predicted molar refractivity (Wildman–Crippen MR) is 140 cm³/mol. The number of methoxy groups -OCH3 is 1. The lowest BCUT2D eigenvalue weighted by Crippen LogP contribution is -2.32. The van der Waals surface area contributed by atoms with Crippen molar-refractivity contribution in [3.8, 4) is 11.3 Å². The van der Waals surface area contributed by atoms with Crippen molar-refractivity contribution in [2.75, 3.05) is 19.5 Å². The number of hydrogen-bond acceptors (Lipinski definition) is 5. The van der Waals surface area contributed by atoms with E-state index in [2.05, 4.69) is 23.8 Å². The summed E-state index contributed by atoms with van der Waals surface area (Å²) in [6, 6.07) is 7.51. The fraction of sp³-hybridized carbons (Fsp3) is 0.414. The Bertz CT molecular complexity index is 1220. The lowest BCUT2D eigenvalue weighted by molar-refractivity contribution is 0.0987. The summed E-state index contributed by atoms with van der Waals surface area (Å²) in [7, 11) is 1.72. The van der Waals surface area contributed by atoms with Crippen LogP contribution in [0, 0.1) is 29.3 Å². The van der Waals surface area contributed by atoms with Crippen LogP contribution in [0.3, 0.4) is 0 Å². The molecule has 0 bridgehead atoms. The van der Waals surface area contributed by atoms with Crippen molar-refractivity contribution in [1.82, 2.24) is 9.97 Å². The van der Waals surface area contributed by atoms with Crippen LogP contribution in [0.25, 0.3) is 11.3 Å². The van der Waals surface area contributed by atoms with Gasteiger partial charge in [-0.05, 0) is 72.1 Å². The number of halogens is 3. The minimum Gasteiger partial charge on any atom is -0.384 e. The van der Waals surface area contributed by atoms with Gasteiger partial charge in [0.25, 0.3) is 0 Å². The van der Waals surface area contributed by atoms with E-state index in [4.69, 9.17) is 4.74 Å². The molecule has 37 heavy (non-hydrogen) atoms. The van der Waals surface area contributed by atoms with Crippen molar-refractivity contribution in [3.63, 3.8) is 0 Å². The molecular weight excluding hydrogens is 497 g/mol. The van der Waals surface area contributed by atoms with Crippen LogP contribution in [0.5, 0.6) is 0 Å². The van der Waals surface area contributed by atoms with Gasteiger partial charge in [-0.1, -0.05) is 19.9 Å². The van der Waals surface area contributed by atoms with Gasteiger partial charge >= 0.3 is 0 Å². The molecular formula is C29H31F3N2O2S. The van der Waals surface area contributed by atoms with E-state index in [0.717, 1.165) is 54.5 Å². The minimum absolute atomic E-state index is 0.0201. The number of carbonyl (C=O) groups excluding carboxylic acids is 1. The minimum atomic E-state index is -0.940. The predicted octanol–water partition coefficient (Wildman–Crippen LogP) is 6.88. The summed E-state index contributed by atoms with van der Waals surface area (Å²) in [6.07, 6.45) is 5.47. The fourth-order valence-corrected chi connectivity index (χ4v) is 6.83. The lowest BCUT2D eigenvalue weighted by atomic mass is 9.72. The van der Waals surface area contributed by atoms with E-state index < -0.39 is 28.7 Å². The highest BCUT2D eigenvalue weighted by Crippen LogP contribution is 2.45. The van der Waals surface area contributed by atoms with Gasteiger partial charge in [0.2, 0.25) is 0 Å². The molecule has 4 rings (SSSR count). The first kappa shape index (κ1) is 27.3. The first-order chi connectivity index (χ1) is 17.8. The van der Waals surface area contributed by atoms with Crippen molar-refractivity contribution in [2.24, 2.45) is 11.8 Å². The number of hydrogen-bond donors (Lipinski definition) is 0. The molecule has 196 valence electrons. The van der Waals surface area contributed by atoms with E-state index in [9.17, 15) is 18.0 Å². The summed E-state index contributed by atoms with van der Waals surface area (Å²) >= 11 is 1.97. The molecule has 2 heterocycles. The molecule has 8 heteroatoms. The molecule has 1 aliphatic carbocycles. The zero-order valence-electron chi connectivity index (χ0n) is 21.2. The smallest absolute Gasteiger partial charge is 0.185 e. The standard InChI is InChI=1S/C29H31F3N2O2S/c1-17-13-19(14-18(2)29(17)37-12-11-36-3)21-9-10-33-16-20(21)15-26(35)25-8-7-24(32)28(34-25)27-22(30)5-4-6-23(27)31/h4-10,16-19,29H,11-15H2,1-3H3/t17-,18+,19?,29?. The topological polar surface area (TPSA) is 52.1 Å². The zero-order chi connectivity index (χ0) is 26.5. The largest absolute Gasteiger partial charge is 0.384 e. The maximum Gasteiger partial charge on any atom is 0.185 e. The van der Waals surface area contributed by atoms with E-state index in [1.807, 2.05) is 17.8 Å². The maximum absolute atomic E-state index is 14.5. The van der Waals surface area contributed by atoms with Crippen molar-refractivity contribution in [2.45, 2.75) is 44.3 Å². The number of ether oxygens (including phenoxy) is 1. The zero-order valence-corrected chi connectivity index (χ0v) is 22.0. The number of thioether (sulfide) groups is 1. The van der Waals surface area contributed by atoms with E-state index in [0.29, 0.717) is 23.0 Å². The van der Waals surface area contributed by atoms with Crippen LogP contribution in [-0.4, -0.2) is 40.5 Å². The molecule has 2 unspecified atom stereocenters. The molecule has 0 radical (unpaired) electrons. The highest BCUT2D eigenvalue weighted by Gasteiger charge is 2.35. The quantitative estimate of drug-likeness (QED) is 0.224. The number of benzene rings is 1. The normalized spacial score (nSPS) is 21.7. The molecule has 0 saturated heterocycles. The van der Waals surface area contributed by atoms with Gasteiger partial charge in [0.05, 0.1) is 12.2 Å². The monoisotopic (exact) mass is 528 g/mol. The Labute approximate surface area is 220 Å². The highest BCUT2D eigenvalue weighted by molar-refractivity contribution is 7.99. The number of Topliss-reactive ketones (excluding diaryl/α,β-unsaturated/α-hetero) is 1. The van der Waals surface area contributed by atoms with E-state index in [1.54, 1.807) is 19.5 Å². The average molecular weight is 529 g/mol. The maximum atomic E-state index is 14.5. The Morgan fingerprint density at radius 1 is 1.03 bits per heavy atom. The second-order valence-corrected chi connectivity index (χ2v) is 11.0. The molecule has 1 aromatic carbocycles. The first-order valence-corrected chi connectivity index (χ1v) is 13.5. The van der Waals surface area contributed by atoms with Gasteiger partial charge in [-0.25, -0.2) is 18.2 Å². The van der Waals surface area contributed by atoms with Gasteiger partial charge in [0.1, 0.15) is 28.8 Å². The average Bonchev–Trinajstić information content (AvgIpc) is 2.87. The number of rotatable bonds is 9. The van der Waals surface area contributed by atoms with Crippen LogP contribution in [-0.2, 0) is 11.2 Å². The van der Waals surface area contributed by atoms with Crippen LogP contribution in [0.4, 0.5) is 13.2 Å². The molecule has 2 aromatic heterocycles. The van der Waals surface area contributed by atoms with Crippen molar-refractivity contribution < 1.29 is 22.7 Å². The van der Waals surface area contributed by atoms with Crippen LogP contribution >= 0.6 is 11.8 Å². The highest BCUT2D eigenvalue weighted by atomic mass is 32.2. The summed E-state index contributed by atoms with van der Waals surface area (Å²) in [4.78, 5) is 21.5. The van der Waals surface area contributed by atoms with Gasteiger partial charge in [-0.2, -0.15) is 11.8 Å². The number of pyridine rings is 2. The van der Waals surface area contributed by atoms with E-state index in [-0.39, 0.29) is 17.9 Å². The Kier molecular flexibility index (Phi) is 9.03. The van der Waals surface area contributed by atoms with Crippen molar-refractivity contribution in [3.05, 3.63) is 83.1 Å². The van der Waals surface area contributed by atoms with Crippen LogP contribution in [0.1, 0.15) is 54.2 Å². The summed E-state index contributed by atoms with van der Waals surface area (Å²) in [6.45, 7) is 5.30. The summed E-state index contributed by atoms with van der Waals surface area (Å²) in [5, 5.41) is 0.555. The Balaban J connectivity index is 1.55. The number of aromatic nitrogens is 2. The fourth-order valence-electron chi connectivity index (χ4n) is 5.42. The molecule has 0 amide bonds. The molecule has 0 spiro atoms. The second-order valence-electron chi connectivity index (χ2n) is 9.75. The first-order valence-electron chi connectivity index (χ1n) is 12.5. The van der Waals surface area contributed by atoms with Gasteiger partial charge in [0, 0.05) is 36.9 Å². The summed E-state index contributed by atoms with van der Waals surface area (Å²) < 4.78 is 48.3. The SMILES string of the molecule is COCCSC1[C@H](C)CC(c2ccncc2CC(=O)c2ccc(F)c(-c3c(F)cccc3F)n2)C[C@@H]1C. The lowest BCUT2D eigenvalue weighted by Gasteiger charge is -2.39. The molecule has 1 aliphatic rings. The van der Waals surface area contributed by atoms with Crippen LogP contribution < -0.4 is 0 Å². The third kappa shape index (κ3) is 6.24. The third-order valence-corrected chi connectivity index (χ3v) is 8.81. The van der Waals surface area contributed by atoms with Gasteiger partial charge in [0.15, 0.2) is 5.78 Å². The van der Waals surface area contributed by atoms with Crippen LogP contribution in [0.15, 0.2) is 48.8 Å². The number of ketones is 1. The summed E-state index contributed by atoms with van der Waals surface area (Å²) in [5.74, 6) is -0.871. The Hall–Kier alpha value is -2.71. The molecule has 1 fully saturated rings. The molecule has 1 saturated carbocycles. The summed E-state index contributed by atoms with van der Waals surface area (Å²) in [5.41, 5.74) is 0.741. The molecule has 3 aromatic rings. The van der Waals surface area contributed by atoms with Gasteiger partial charge in [-0.15, -0.1) is 0 Å². The second kappa shape index (κ2) is 12.2. The van der Waals surface area contributed by atoms with E-state index >= 15 is 0 Å². The van der Waals surface area contributed by atoms with Gasteiger partial charge < -0.3 is 4.74 Å².